The first-order valence-corrected chi connectivity index (χ1v) is 6.94. The number of hydrogen-bond donors (Lipinski definition) is 1. The second-order valence-electron chi connectivity index (χ2n) is 4.86. The standard InChI is InChI=1S/C17H19NO/c1-2-19-14-7-5-6-13(12-14)15-10-11-18-17-9-4-3-8-16(15)17/h3-9,12,15,18H,2,10-11H2,1H3. The minimum Gasteiger partial charge on any atom is -0.494 e. The monoisotopic (exact) mass is 253 g/mol. The van der Waals surface area contributed by atoms with Gasteiger partial charge in [0, 0.05) is 18.2 Å². The summed E-state index contributed by atoms with van der Waals surface area (Å²) < 4.78 is 5.61. The number of hydrogen-bond acceptors (Lipinski definition) is 2. The highest BCUT2D eigenvalue weighted by Gasteiger charge is 2.21. The van der Waals surface area contributed by atoms with E-state index in [9.17, 15) is 0 Å². The van der Waals surface area contributed by atoms with Gasteiger partial charge in [-0.3, -0.25) is 0 Å². The van der Waals surface area contributed by atoms with E-state index in [2.05, 4.69) is 47.8 Å². The van der Waals surface area contributed by atoms with Crippen molar-refractivity contribution >= 4 is 5.69 Å². The third-order valence-corrected chi connectivity index (χ3v) is 3.66. The van der Waals surface area contributed by atoms with Crippen LogP contribution in [0.25, 0.3) is 0 Å². The number of rotatable bonds is 3. The Kier molecular flexibility index (Phi) is 3.41. The van der Waals surface area contributed by atoms with Gasteiger partial charge in [0.2, 0.25) is 0 Å². The van der Waals surface area contributed by atoms with E-state index in [0.29, 0.717) is 12.5 Å². The molecule has 0 fully saturated rings. The largest absolute Gasteiger partial charge is 0.494 e. The second-order valence-corrected chi connectivity index (χ2v) is 4.86. The fourth-order valence-corrected chi connectivity index (χ4v) is 2.80. The number of fused-ring (bicyclic) bond motifs is 1. The lowest BCUT2D eigenvalue weighted by molar-refractivity contribution is 0.339. The van der Waals surface area contributed by atoms with Crippen LogP contribution in [0.3, 0.4) is 0 Å². The molecule has 1 aliphatic rings. The van der Waals surface area contributed by atoms with Crippen LogP contribution >= 0.6 is 0 Å². The highest BCUT2D eigenvalue weighted by atomic mass is 16.5. The molecule has 0 amide bonds. The first-order chi connectivity index (χ1) is 9.38. The Labute approximate surface area is 114 Å². The number of benzene rings is 2. The molecule has 1 N–H and O–H groups in total. The molecular weight excluding hydrogens is 234 g/mol. The highest BCUT2D eigenvalue weighted by molar-refractivity contribution is 5.57. The Bertz CT molecular complexity index is 565. The van der Waals surface area contributed by atoms with Gasteiger partial charge in [-0.1, -0.05) is 30.3 Å². The van der Waals surface area contributed by atoms with Crippen molar-refractivity contribution in [2.24, 2.45) is 0 Å². The molecule has 0 aliphatic carbocycles. The number of ether oxygens (including phenoxy) is 1. The molecule has 0 spiro atoms. The smallest absolute Gasteiger partial charge is 0.119 e. The SMILES string of the molecule is CCOc1cccc(C2CCNc3ccccc32)c1. The van der Waals surface area contributed by atoms with Crippen LogP contribution in [0.1, 0.15) is 30.4 Å². The summed E-state index contributed by atoms with van der Waals surface area (Å²) in [6, 6.07) is 17.1. The average molecular weight is 253 g/mol. The van der Waals surface area contributed by atoms with Crippen molar-refractivity contribution in [2.45, 2.75) is 19.3 Å². The van der Waals surface area contributed by atoms with Gasteiger partial charge in [-0.25, -0.2) is 0 Å². The molecule has 1 unspecified atom stereocenters. The molecule has 2 aromatic carbocycles. The minimum absolute atomic E-state index is 0.470. The normalized spacial score (nSPS) is 17.4. The van der Waals surface area contributed by atoms with E-state index in [4.69, 9.17) is 4.74 Å². The molecule has 0 saturated heterocycles. The van der Waals surface area contributed by atoms with E-state index >= 15 is 0 Å². The maximum absolute atomic E-state index is 5.61. The zero-order valence-corrected chi connectivity index (χ0v) is 11.2. The molecule has 0 aromatic heterocycles. The lowest BCUT2D eigenvalue weighted by Gasteiger charge is -2.27. The molecule has 2 nitrogen and oxygen atoms in total. The summed E-state index contributed by atoms with van der Waals surface area (Å²) in [5.41, 5.74) is 4.00. The van der Waals surface area contributed by atoms with Gasteiger partial charge in [0.25, 0.3) is 0 Å². The second kappa shape index (κ2) is 5.35. The molecule has 0 radical (unpaired) electrons. The first kappa shape index (κ1) is 12.1. The molecule has 1 atom stereocenters. The fourth-order valence-electron chi connectivity index (χ4n) is 2.80. The fraction of sp³-hybridized carbons (Fsp3) is 0.294. The average Bonchev–Trinajstić information content (AvgIpc) is 2.47. The van der Waals surface area contributed by atoms with E-state index in [1.165, 1.54) is 16.8 Å². The Morgan fingerprint density at radius 3 is 2.95 bits per heavy atom. The van der Waals surface area contributed by atoms with E-state index in [0.717, 1.165) is 18.7 Å². The van der Waals surface area contributed by atoms with Crippen LogP contribution in [0.4, 0.5) is 5.69 Å². The molecular formula is C17H19NO. The van der Waals surface area contributed by atoms with Crippen LogP contribution in [0.5, 0.6) is 5.75 Å². The van der Waals surface area contributed by atoms with Gasteiger partial charge >= 0.3 is 0 Å². The van der Waals surface area contributed by atoms with E-state index in [1.54, 1.807) is 0 Å². The summed E-state index contributed by atoms with van der Waals surface area (Å²) in [4.78, 5) is 0. The minimum atomic E-state index is 0.470. The quantitative estimate of drug-likeness (QED) is 0.891. The molecule has 19 heavy (non-hydrogen) atoms. The molecule has 98 valence electrons. The molecule has 3 rings (SSSR count). The number of nitrogens with one attached hydrogen (secondary N) is 1. The lowest BCUT2D eigenvalue weighted by atomic mass is 9.85. The van der Waals surface area contributed by atoms with Crippen molar-refractivity contribution in [3.05, 3.63) is 59.7 Å². The van der Waals surface area contributed by atoms with Gasteiger partial charge in [0.15, 0.2) is 0 Å². The van der Waals surface area contributed by atoms with Gasteiger partial charge in [-0.05, 0) is 42.7 Å². The zero-order chi connectivity index (χ0) is 13.1. The summed E-state index contributed by atoms with van der Waals surface area (Å²) in [6.45, 7) is 3.76. The summed E-state index contributed by atoms with van der Waals surface area (Å²) in [6.07, 6.45) is 1.13. The Morgan fingerprint density at radius 2 is 2.05 bits per heavy atom. The maximum Gasteiger partial charge on any atom is 0.119 e. The van der Waals surface area contributed by atoms with Crippen molar-refractivity contribution in [1.29, 1.82) is 0 Å². The molecule has 0 bridgehead atoms. The van der Waals surface area contributed by atoms with Crippen LogP contribution < -0.4 is 10.1 Å². The molecule has 1 aliphatic heterocycles. The third kappa shape index (κ3) is 2.43. The Hall–Kier alpha value is -1.96. The van der Waals surface area contributed by atoms with Crippen LogP contribution in [0, 0.1) is 0 Å². The van der Waals surface area contributed by atoms with Crippen molar-refractivity contribution in [2.75, 3.05) is 18.5 Å². The van der Waals surface area contributed by atoms with Gasteiger partial charge < -0.3 is 10.1 Å². The van der Waals surface area contributed by atoms with Crippen LogP contribution in [0.15, 0.2) is 48.5 Å². The van der Waals surface area contributed by atoms with Crippen molar-refractivity contribution in [3.8, 4) is 5.75 Å². The maximum atomic E-state index is 5.61. The highest BCUT2D eigenvalue weighted by Crippen LogP contribution is 2.37. The van der Waals surface area contributed by atoms with Gasteiger partial charge in [0.1, 0.15) is 5.75 Å². The zero-order valence-electron chi connectivity index (χ0n) is 11.2. The Morgan fingerprint density at radius 1 is 1.16 bits per heavy atom. The summed E-state index contributed by atoms with van der Waals surface area (Å²) in [5, 5.41) is 3.47. The van der Waals surface area contributed by atoms with Gasteiger partial charge in [-0.2, -0.15) is 0 Å². The van der Waals surface area contributed by atoms with E-state index < -0.39 is 0 Å². The number of para-hydroxylation sites is 1. The van der Waals surface area contributed by atoms with E-state index in [1.807, 2.05) is 13.0 Å². The van der Waals surface area contributed by atoms with Crippen molar-refractivity contribution in [1.82, 2.24) is 0 Å². The summed E-state index contributed by atoms with van der Waals surface area (Å²) >= 11 is 0. The predicted octanol–water partition coefficient (Wildman–Crippen LogP) is 4.03. The predicted molar refractivity (Wildman–Crippen MR) is 79.0 cm³/mol. The third-order valence-electron chi connectivity index (χ3n) is 3.66. The topological polar surface area (TPSA) is 21.3 Å². The summed E-state index contributed by atoms with van der Waals surface area (Å²) in [5.74, 6) is 1.44. The van der Waals surface area contributed by atoms with Crippen molar-refractivity contribution < 1.29 is 4.74 Å². The first-order valence-electron chi connectivity index (χ1n) is 6.94. The molecule has 0 saturated carbocycles. The van der Waals surface area contributed by atoms with Crippen LogP contribution in [-0.4, -0.2) is 13.2 Å². The summed E-state index contributed by atoms with van der Waals surface area (Å²) in [7, 11) is 0. The van der Waals surface area contributed by atoms with Gasteiger partial charge in [-0.15, -0.1) is 0 Å². The molecule has 2 aromatic rings. The molecule has 1 heterocycles. The van der Waals surface area contributed by atoms with Crippen LogP contribution in [0.2, 0.25) is 0 Å². The Balaban J connectivity index is 1.97. The van der Waals surface area contributed by atoms with E-state index in [-0.39, 0.29) is 0 Å². The van der Waals surface area contributed by atoms with Gasteiger partial charge in [0.05, 0.1) is 6.61 Å². The molecule has 2 heteroatoms. The lowest BCUT2D eigenvalue weighted by Crippen LogP contribution is -2.17. The number of anilines is 1. The van der Waals surface area contributed by atoms with Crippen LogP contribution in [-0.2, 0) is 0 Å². The van der Waals surface area contributed by atoms with Crippen molar-refractivity contribution in [3.63, 3.8) is 0 Å².